The Balaban J connectivity index is 2.35. The van der Waals surface area contributed by atoms with Crippen molar-refractivity contribution in [2.24, 2.45) is 0 Å². The number of nitrogens with one attached hydrogen (secondary N) is 2. The molecule has 0 saturated heterocycles. The normalized spacial score (nSPS) is 10.2. The maximum Gasteiger partial charge on any atom is 0.239 e. The van der Waals surface area contributed by atoms with Crippen molar-refractivity contribution in [3.8, 4) is 0 Å². The Morgan fingerprint density at radius 3 is 2.94 bits per heavy atom. The van der Waals surface area contributed by atoms with E-state index in [0.29, 0.717) is 11.0 Å². The van der Waals surface area contributed by atoms with Crippen LogP contribution in [0.25, 0.3) is 10.8 Å². The molecule has 0 saturated carbocycles. The predicted octanol–water partition coefficient (Wildman–Crippen LogP) is 2.05. The third-order valence-electron chi connectivity index (χ3n) is 2.40. The van der Waals surface area contributed by atoms with Gasteiger partial charge in [-0.25, -0.2) is 4.98 Å². The largest absolute Gasteiger partial charge is 0.360 e. The highest BCUT2D eigenvalue weighted by molar-refractivity contribution is 6.30. The van der Waals surface area contributed by atoms with Gasteiger partial charge < -0.3 is 10.6 Å². The Morgan fingerprint density at radius 2 is 2.18 bits per heavy atom. The molecule has 5 heteroatoms. The second-order valence-electron chi connectivity index (χ2n) is 3.54. The van der Waals surface area contributed by atoms with E-state index in [0.717, 1.165) is 10.8 Å². The number of benzene rings is 1. The van der Waals surface area contributed by atoms with E-state index >= 15 is 0 Å². The Labute approximate surface area is 104 Å². The average molecular weight is 250 g/mol. The van der Waals surface area contributed by atoms with Gasteiger partial charge in [0.2, 0.25) is 5.91 Å². The van der Waals surface area contributed by atoms with Crippen LogP contribution < -0.4 is 10.6 Å². The summed E-state index contributed by atoms with van der Waals surface area (Å²) in [6.45, 7) is 0.174. The third-order valence-corrected chi connectivity index (χ3v) is 2.60. The number of amides is 1. The van der Waals surface area contributed by atoms with Crippen LogP contribution >= 0.6 is 11.6 Å². The number of nitrogens with zero attached hydrogens (tertiary/aromatic N) is 1. The van der Waals surface area contributed by atoms with Crippen LogP contribution in [0.2, 0.25) is 5.15 Å². The second kappa shape index (κ2) is 5.01. The Morgan fingerprint density at radius 1 is 1.41 bits per heavy atom. The summed E-state index contributed by atoms with van der Waals surface area (Å²) in [5.74, 6) is 0.521. The van der Waals surface area contributed by atoms with Crippen LogP contribution in [-0.4, -0.2) is 24.5 Å². The summed E-state index contributed by atoms with van der Waals surface area (Å²) in [7, 11) is 1.59. The minimum atomic E-state index is -0.101. The van der Waals surface area contributed by atoms with Gasteiger partial charge in [0.05, 0.1) is 6.54 Å². The number of hydrogen-bond acceptors (Lipinski definition) is 3. The molecule has 2 aromatic rings. The SMILES string of the molecule is CNC(=O)CNc1nc(Cl)cc2ccccc12. The summed E-state index contributed by atoms with van der Waals surface area (Å²) in [6, 6.07) is 9.53. The van der Waals surface area contributed by atoms with E-state index in [1.807, 2.05) is 24.3 Å². The number of rotatable bonds is 3. The minimum absolute atomic E-state index is 0.101. The molecule has 0 atom stereocenters. The van der Waals surface area contributed by atoms with Crippen LogP contribution in [0.5, 0.6) is 0 Å². The van der Waals surface area contributed by atoms with Gasteiger partial charge in [0.25, 0.3) is 0 Å². The van der Waals surface area contributed by atoms with Crippen LogP contribution in [0.1, 0.15) is 0 Å². The van der Waals surface area contributed by atoms with Crippen molar-refractivity contribution in [1.82, 2.24) is 10.3 Å². The molecule has 4 nitrogen and oxygen atoms in total. The summed E-state index contributed by atoms with van der Waals surface area (Å²) >= 11 is 5.92. The number of halogens is 1. The molecule has 0 aliphatic carbocycles. The van der Waals surface area contributed by atoms with E-state index < -0.39 is 0 Å². The lowest BCUT2D eigenvalue weighted by Crippen LogP contribution is -2.26. The number of anilines is 1. The minimum Gasteiger partial charge on any atom is -0.360 e. The van der Waals surface area contributed by atoms with Gasteiger partial charge in [-0.2, -0.15) is 0 Å². The van der Waals surface area contributed by atoms with E-state index in [2.05, 4.69) is 15.6 Å². The van der Waals surface area contributed by atoms with Gasteiger partial charge in [-0.3, -0.25) is 4.79 Å². The lowest BCUT2D eigenvalue weighted by atomic mass is 10.1. The first-order chi connectivity index (χ1) is 8.20. The lowest BCUT2D eigenvalue weighted by molar-refractivity contribution is -0.118. The number of carbonyl (C=O) groups excluding carboxylic acids is 1. The Kier molecular flexibility index (Phi) is 3.44. The molecule has 0 aliphatic heterocycles. The second-order valence-corrected chi connectivity index (χ2v) is 3.93. The number of aromatic nitrogens is 1. The predicted molar refractivity (Wildman–Crippen MR) is 69.3 cm³/mol. The van der Waals surface area contributed by atoms with E-state index in [1.54, 1.807) is 13.1 Å². The van der Waals surface area contributed by atoms with Gasteiger partial charge in [-0.1, -0.05) is 35.9 Å². The molecule has 2 rings (SSSR count). The fraction of sp³-hybridized carbons (Fsp3) is 0.167. The van der Waals surface area contributed by atoms with E-state index in [-0.39, 0.29) is 12.5 Å². The molecule has 1 heterocycles. The van der Waals surface area contributed by atoms with E-state index in [9.17, 15) is 4.79 Å². The number of likely N-dealkylation sites (N-methyl/N-ethyl adjacent to an activating group) is 1. The molecular weight excluding hydrogens is 238 g/mol. The van der Waals surface area contributed by atoms with Crippen LogP contribution in [0.4, 0.5) is 5.82 Å². The van der Waals surface area contributed by atoms with Crippen molar-refractivity contribution in [3.63, 3.8) is 0 Å². The monoisotopic (exact) mass is 249 g/mol. The maximum atomic E-state index is 11.2. The zero-order chi connectivity index (χ0) is 12.3. The van der Waals surface area contributed by atoms with Gasteiger partial charge in [-0.15, -0.1) is 0 Å². The van der Waals surface area contributed by atoms with Crippen LogP contribution in [0.3, 0.4) is 0 Å². The zero-order valence-corrected chi connectivity index (χ0v) is 10.1. The fourth-order valence-electron chi connectivity index (χ4n) is 1.55. The first-order valence-electron chi connectivity index (χ1n) is 5.20. The van der Waals surface area contributed by atoms with Crippen molar-refractivity contribution in [2.45, 2.75) is 0 Å². The Hall–Kier alpha value is -1.81. The lowest BCUT2D eigenvalue weighted by Gasteiger charge is -2.08. The van der Waals surface area contributed by atoms with Crippen molar-refractivity contribution in [1.29, 1.82) is 0 Å². The smallest absolute Gasteiger partial charge is 0.239 e. The van der Waals surface area contributed by atoms with Gasteiger partial charge >= 0.3 is 0 Å². The van der Waals surface area contributed by atoms with Gasteiger partial charge in [-0.05, 0) is 11.5 Å². The summed E-state index contributed by atoms with van der Waals surface area (Å²) in [5.41, 5.74) is 0. The van der Waals surface area contributed by atoms with Crippen molar-refractivity contribution >= 4 is 34.1 Å². The molecule has 17 heavy (non-hydrogen) atoms. The molecule has 88 valence electrons. The first kappa shape index (κ1) is 11.7. The summed E-state index contributed by atoms with van der Waals surface area (Å²) in [4.78, 5) is 15.4. The molecule has 0 radical (unpaired) electrons. The highest BCUT2D eigenvalue weighted by atomic mass is 35.5. The highest BCUT2D eigenvalue weighted by Gasteiger charge is 2.05. The molecule has 1 aromatic heterocycles. The maximum absolute atomic E-state index is 11.2. The molecule has 0 bridgehead atoms. The van der Waals surface area contributed by atoms with Gasteiger partial charge in [0, 0.05) is 12.4 Å². The molecule has 0 unspecified atom stereocenters. The van der Waals surface area contributed by atoms with Crippen LogP contribution in [0.15, 0.2) is 30.3 Å². The number of fused-ring (bicyclic) bond motifs is 1. The molecule has 0 spiro atoms. The number of hydrogen-bond donors (Lipinski definition) is 2. The Bertz CT molecular complexity index is 556. The van der Waals surface area contributed by atoms with Crippen LogP contribution in [0, 0.1) is 0 Å². The standard InChI is InChI=1S/C12H12ClN3O/c1-14-11(17)7-15-12-9-5-3-2-4-8(9)6-10(13)16-12/h2-6H,7H2,1H3,(H,14,17)(H,15,16). The molecule has 2 N–H and O–H groups in total. The van der Waals surface area contributed by atoms with Crippen molar-refractivity contribution in [3.05, 3.63) is 35.5 Å². The third kappa shape index (κ3) is 2.65. The average Bonchev–Trinajstić information content (AvgIpc) is 2.35. The molecule has 0 aliphatic rings. The first-order valence-corrected chi connectivity index (χ1v) is 5.58. The van der Waals surface area contributed by atoms with Gasteiger partial charge in [0.15, 0.2) is 0 Å². The highest BCUT2D eigenvalue weighted by Crippen LogP contribution is 2.24. The van der Waals surface area contributed by atoms with Gasteiger partial charge in [0.1, 0.15) is 11.0 Å². The number of pyridine rings is 1. The van der Waals surface area contributed by atoms with Crippen LogP contribution in [-0.2, 0) is 4.79 Å². The summed E-state index contributed by atoms with van der Waals surface area (Å²) < 4.78 is 0. The van der Waals surface area contributed by atoms with Crippen molar-refractivity contribution < 1.29 is 4.79 Å². The molecule has 1 amide bonds. The van der Waals surface area contributed by atoms with E-state index in [1.165, 1.54) is 0 Å². The summed E-state index contributed by atoms with van der Waals surface area (Å²) in [5, 5.41) is 7.85. The molecule has 1 aromatic carbocycles. The molecule has 0 fully saturated rings. The molecular formula is C12H12ClN3O. The van der Waals surface area contributed by atoms with E-state index in [4.69, 9.17) is 11.6 Å². The fourth-order valence-corrected chi connectivity index (χ4v) is 1.76. The quantitative estimate of drug-likeness (QED) is 0.819. The summed E-state index contributed by atoms with van der Waals surface area (Å²) in [6.07, 6.45) is 0. The topological polar surface area (TPSA) is 54.0 Å². The zero-order valence-electron chi connectivity index (χ0n) is 9.33. The van der Waals surface area contributed by atoms with Crippen molar-refractivity contribution in [2.75, 3.05) is 18.9 Å². The number of carbonyl (C=O) groups is 1.